The molecule has 1 rings (SSSR count). The van der Waals surface area contributed by atoms with Gasteiger partial charge in [-0.3, -0.25) is 0 Å². The Kier molecular flexibility index (Phi) is 4.41. The minimum absolute atomic E-state index is 0.767. The summed E-state index contributed by atoms with van der Waals surface area (Å²) in [5, 5.41) is 0. The maximum atomic E-state index is 5.52. The molecule has 1 aromatic carbocycles. The Bertz CT molecular complexity index is 313. The van der Waals surface area contributed by atoms with Gasteiger partial charge in [-0.2, -0.15) is 0 Å². The number of hydrogen-bond donors (Lipinski definition) is 1. The van der Waals surface area contributed by atoms with Crippen LogP contribution in [0.15, 0.2) is 30.3 Å². The quantitative estimate of drug-likeness (QED) is 0.773. The zero-order valence-electron chi connectivity index (χ0n) is 9.09. The molecule has 0 saturated carbocycles. The Morgan fingerprint density at radius 2 is 2.07 bits per heavy atom. The van der Waals surface area contributed by atoms with Gasteiger partial charge < -0.3 is 5.73 Å². The van der Waals surface area contributed by atoms with Gasteiger partial charge in [0, 0.05) is 0 Å². The van der Waals surface area contributed by atoms with E-state index in [9.17, 15) is 0 Å². The highest BCUT2D eigenvalue weighted by molar-refractivity contribution is 5.67. The van der Waals surface area contributed by atoms with Crippen molar-refractivity contribution in [3.05, 3.63) is 41.5 Å². The molecule has 0 aromatic heterocycles. The van der Waals surface area contributed by atoms with Gasteiger partial charge in [-0.25, -0.2) is 0 Å². The van der Waals surface area contributed by atoms with Crippen molar-refractivity contribution in [3.63, 3.8) is 0 Å². The first kappa shape index (κ1) is 11.0. The standard InChI is InChI=1S/C13H19N/c1-3-12(8-6-10-14)13-9-5-4-7-11(13)2/h3-5,7,9H,6,8,10,14H2,1-2H3/b12-3-. The van der Waals surface area contributed by atoms with E-state index in [1.54, 1.807) is 0 Å². The molecule has 1 nitrogen and oxygen atoms in total. The van der Waals surface area contributed by atoms with Crippen LogP contribution in [0, 0.1) is 6.92 Å². The fraction of sp³-hybridized carbons (Fsp3) is 0.385. The lowest BCUT2D eigenvalue weighted by Crippen LogP contribution is -1.99. The third-order valence-electron chi connectivity index (χ3n) is 2.49. The van der Waals surface area contributed by atoms with Crippen LogP contribution >= 0.6 is 0 Å². The van der Waals surface area contributed by atoms with Gasteiger partial charge in [0.15, 0.2) is 0 Å². The Balaban J connectivity index is 2.85. The molecule has 76 valence electrons. The third kappa shape index (κ3) is 2.71. The SMILES string of the molecule is C/C=C(/CCCN)c1ccccc1C. The van der Waals surface area contributed by atoms with Gasteiger partial charge in [-0.15, -0.1) is 0 Å². The molecule has 0 aliphatic rings. The van der Waals surface area contributed by atoms with Crippen molar-refractivity contribution in [1.29, 1.82) is 0 Å². The summed E-state index contributed by atoms with van der Waals surface area (Å²) in [6, 6.07) is 8.51. The molecule has 14 heavy (non-hydrogen) atoms. The van der Waals surface area contributed by atoms with Gasteiger partial charge >= 0.3 is 0 Å². The van der Waals surface area contributed by atoms with Crippen LogP contribution in [0.4, 0.5) is 0 Å². The Morgan fingerprint density at radius 3 is 2.64 bits per heavy atom. The highest BCUT2D eigenvalue weighted by atomic mass is 14.5. The molecule has 2 N–H and O–H groups in total. The van der Waals surface area contributed by atoms with Crippen LogP contribution in [0.25, 0.3) is 5.57 Å². The molecule has 0 atom stereocenters. The van der Waals surface area contributed by atoms with E-state index >= 15 is 0 Å². The van der Waals surface area contributed by atoms with E-state index in [4.69, 9.17) is 5.73 Å². The van der Waals surface area contributed by atoms with Crippen LogP contribution in [0.5, 0.6) is 0 Å². The number of benzene rings is 1. The second-order valence-electron chi connectivity index (χ2n) is 3.52. The normalized spacial score (nSPS) is 11.8. The van der Waals surface area contributed by atoms with E-state index < -0.39 is 0 Å². The predicted molar refractivity (Wildman–Crippen MR) is 63.1 cm³/mol. The van der Waals surface area contributed by atoms with Crippen molar-refractivity contribution in [2.45, 2.75) is 26.7 Å². The summed E-state index contributed by atoms with van der Waals surface area (Å²) in [7, 11) is 0. The van der Waals surface area contributed by atoms with Gasteiger partial charge in [-0.05, 0) is 49.9 Å². The summed E-state index contributed by atoms with van der Waals surface area (Å²) in [6.07, 6.45) is 4.34. The molecule has 0 aliphatic carbocycles. The number of nitrogens with two attached hydrogens (primary N) is 1. The first-order valence-corrected chi connectivity index (χ1v) is 5.21. The second kappa shape index (κ2) is 5.61. The molecule has 0 fully saturated rings. The lowest BCUT2D eigenvalue weighted by atomic mass is 9.97. The van der Waals surface area contributed by atoms with Crippen molar-refractivity contribution < 1.29 is 0 Å². The van der Waals surface area contributed by atoms with E-state index in [1.807, 2.05) is 0 Å². The van der Waals surface area contributed by atoms with Gasteiger partial charge in [0.05, 0.1) is 0 Å². The van der Waals surface area contributed by atoms with E-state index in [1.165, 1.54) is 16.7 Å². The van der Waals surface area contributed by atoms with E-state index in [-0.39, 0.29) is 0 Å². The van der Waals surface area contributed by atoms with Crippen molar-refractivity contribution in [2.75, 3.05) is 6.54 Å². The molecule has 0 unspecified atom stereocenters. The summed E-state index contributed by atoms with van der Waals surface area (Å²) >= 11 is 0. The van der Waals surface area contributed by atoms with Gasteiger partial charge in [0.25, 0.3) is 0 Å². The lowest BCUT2D eigenvalue weighted by molar-refractivity contribution is 0.864. The maximum absolute atomic E-state index is 5.52. The monoisotopic (exact) mass is 189 g/mol. The summed E-state index contributed by atoms with van der Waals surface area (Å²) in [5.74, 6) is 0. The largest absolute Gasteiger partial charge is 0.330 e. The highest BCUT2D eigenvalue weighted by Crippen LogP contribution is 2.22. The smallest absolute Gasteiger partial charge is 0.00741 e. The molecule has 0 saturated heterocycles. The summed E-state index contributed by atoms with van der Waals surface area (Å²) < 4.78 is 0. The van der Waals surface area contributed by atoms with Gasteiger partial charge in [-0.1, -0.05) is 30.3 Å². The van der Waals surface area contributed by atoms with E-state index in [0.29, 0.717) is 0 Å². The van der Waals surface area contributed by atoms with E-state index in [2.05, 4.69) is 44.2 Å². The lowest BCUT2D eigenvalue weighted by Gasteiger charge is -2.09. The molecule has 0 bridgehead atoms. The Morgan fingerprint density at radius 1 is 1.36 bits per heavy atom. The van der Waals surface area contributed by atoms with Crippen LogP contribution in [-0.2, 0) is 0 Å². The first-order chi connectivity index (χ1) is 6.79. The van der Waals surface area contributed by atoms with Crippen LogP contribution < -0.4 is 5.73 Å². The molecular formula is C13H19N. The summed E-state index contributed by atoms with van der Waals surface area (Å²) in [4.78, 5) is 0. The third-order valence-corrected chi connectivity index (χ3v) is 2.49. The molecule has 1 aromatic rings. The van der Waals surface area contributed by atoms with Crippen LogP contribution in [0.3, 0.4) is 0 Å². The second-order valence-corrected chi connectivity index (χ2v) is 3.52. The van der Waals surface area contributed by atoms with Crippen molar-refractivity contribution in [3.8, 4) is 0 Å². The van der Waals surface area contributed by atoms with Gasteiger partial charge in [0.1, 0.15) is 0 Å². The van der Waals surface area contributed by atoms with Crippen molar-refractivity contribution >= 4 is 5.57 Å². The van der Waals surface area contributed by atoms with E-state index in [0.717, 1.165) is 19.4 Å². The topological polar surface area (TPSA) is 26.0 Å². The average Bonchev–Trinajstić information content (AvgIpc) is 2.21. The van der Waals surface area contributed by atoms with Crippen LogP contribution in [0.1, 0.15) is 30.9 Å². The average molecular weight is 189 g/mol. The molecule has 0 radical (unpaired) electrons. The van der Waals surface area contributed by atoms with Crippen LogP contribution in [0.2, 0.25) is 0 Å². The van der Waals surface area contributed by atoms with Gasteiger partial charge in [0.2, 0.25) is 0 Å². The molecule has 0 spiro atoms. The number of allylic oxidation sites excluding steroid dienone is 2. The predicted octanol–water partition coefficient (Wildman–Crippen LogP) is 3.14. The molecule has 0 heterocycles. The zero-order chi connectivity index (χ0) is 10.4. The first-order valence-electron chi connectivity index (χ1n) is 5.21. The van der Waals surface area contributed by atoms with Crippen LogP contribution in [-0.4, -0.2) is 6.54 Å². The molecule has 0 amide bonds. The minimum Gasteiger partial charge on any atom is -0.330 e. The van der Waals surface area contributed by atoms with Crippen molar-refractivity contribution in [1.82, 2.24) is 0 Å². The number of aryl methyl sites for hydroxylation is 1. The summed E-state index contributed by atoms with van der Waals surface area (Å²) in [6.45, 7) is 5.02. The number of rotatable bonds is 4. The minimum atomic E-state index is 0.767. The number of hydrogen-bond acceptors (Lipinski definition) is 1. The maximum Gasteiger partial charge on any atom is -0.00741 e. The highest BCUT2D eigenvalue weighted by Gasteiger charge is 2.02. The fourth-order valence-corrected chi connectivity index (χ4v) is 1.66. The Labute approximate surface area is 86.6 Å². The van der Waals surface area contributed by atoms with Crippen molar-refractivity contribution in [2.24, 2.45) is 5.73 Å². The zero-order valence-corrected chi connectivity index (χ0v) is 9.09. The molecule has 0 aliphatic heterocycles. The Hall–Kier alpha value is -1.08. The summed E-state index contributed by atoms with van der Waals surface area (Å²) in [5.41, 5.74) is 9.64. The molecular weight excluding hydrogens is 170 g/mol. The molecule has 1 heteroatoms. The fourth-order valence-electron chi connectivity index (χ4n) is 1.66.